The zero-order chi connectivity index (χ0) is 13.6. The predicted molar refractivity (Wildman–Crippen MR) is 68.7 cm³/mol. The summed E-state index contributed by atoms with van der Waals surface area (Å²) in [6.07, 6.45) is 1.63. The number of nitrogens with one attached hydrogen (secondary N) is 1. The molecule has 2 amide bonds. The van der Waals surface area contributed by atoms with Gasteiger partial charge in [-0.25, -0.2) is 5.84 Å². The summed E-state index contributed by atoms with van der Waals surface area (Å²) in [7, 11) is 0. The van der Waals surface area contributed by atoms with Gasteiger partial charge in [0.05, 0.1) is 18.4 Å². The Balaban J connectivity index is 1.76. The van der Waals surface area contributed by atoms with Crippen LogP contribution >= 0.6 is 11.3 Å². The van der Waals surface area contributed by atoms with Crippen molar-refractivity contribution in [1.29, 1.82) is 0 Å². The van der Waals surface area contributed by atoms with Gasteiger partial charge in [0.2, 0.25) is 16.9 Å². The number of likely N-dealkylation sites (tertiary alicyclic amines) is 1. The van der Waals surface area contributed by atoms with Gasteiger partial charge >= 0.3 is 0 Å². The van der Waals surface area contributed by atoms with Crippen LogP contribution in [0.15, 0.2) is 0 Å². The summed E-state index contributed by atoms with van der Waals surface area (Å²) in [4.78, 5) is 25.8. The predicted octanol–water partition coefficient (Wildman–Crippen LogP) is 0.355. The first-order valence-electron chi connectivity index (χ1n) is 6.24. The number of carbonyl (C=O) groups is 2. The van der Waals surface area contributed by atoms with Crippen LogP contribution in [0.25, 0.3) is 0 Å². The molecule has 0 radical (unpaired) electrons. The van der Waals surface area contributed by atoms with Crippen molar-refractivity contribution >= 4 is 28.3 Å². The molecule has 1 aliphatic heterocycles. The number of nitrogens with zero attached hydrogens (tertiary/aromatic N) is 3. The second kappa shape index (κ2) is 4.53. The van der Waals surface area contributed by atoms with Gasteiger partial charge in [-0.2, -0.15) is 0 Å². The van der Waals surface area contributed by atoms with Gasteiger partial charge in [-0.3, -0.25) is 19.9 Å². The van der Waals surface area contributed by atoms with Crippen LogP contribution in [0, 0.1) is 17.8 Å². The zero-order valence-corrected chi connectivity index (χ0v) is 11.3. The van der Waals surface area contributed by atoms with Gasteiger partial charge in [0.25, 0.3) is 0 Å². The molecule has 1 aliphatic carbocycles. The van der Waals surface area contributed by atoms with Crippen molar-refractivity contribution in [3.8, 4) is 0 Å². The molecule has 19 heavy (non-hydrogen) atoms. The molecule has 3 N–H and O–H groups in total. The van der Waals surface area contributed by atoms with E-state index in [4.69, 9.17) is 5.84 Å². The van der Waals surface area contributed by atoms with E-state index in [9.17, 15) is 9.59 Å². The van der Waals surface area contributed by atoms with Crippen LogP contribution in [0.3, 0.4) is 0 Å². The van der Waals surface area contributed by atoms with Gasteiger partial charge < -0.3 is 0 Å². The third-order valence-electron chi connectivity index (χ3n) is 3.85. The van der Waals surface area contributed by atoms with Gasteiger partial charge in [-0.05, 0) is 18.8 Å². The molecule has 1 saturated carbocycles. The topological polar surface area (TPSA) is 101 Å². The van der Waals surface area contributed by atoms with Crippen LogP contribution in [0.5, 0.6) is 0 Å². The molecule has 0 spiro atoms. The highest BCUT2D eigenvalue weighted by atomic mass is 32.1. The Morgan fingerprint density at radius 3 is 2.47 bits per heavy atom. The molecule has 2 atom stereocenters. The number of fused-ring (bicyclic) bond motifs is 1. The number of nitrogen functional groups attached to an aromatic ring is 1. The molecule has 1 saturated heterocycles. The van der Waals surface area contributed by atoms with E-state index in [0.29, 0.717) is 16.1 Å². The molecule has 2 fully saturated rings. The van der Waals surface area contributed by atoms with Crippen LogP contribution in [-0.4, -0.2) is 26.9 Å². The Bertz CT molecular complexity index is 507. The summed E-state index contributed by atoms with van der Waals surface area (Å²) in [5.74, 6) is 5.32. The number of carbonyl (C=O) groups excluding carboxylic acids is 2. The maximum atomic E-state index is 12.2. The number of rotatable bonds is 3. The number of hydrazine groups is 1. The van der Waals surface area contributed by atoms with E-state index in [2.05, 4.69) is 22.5 Å². The van der Waals surface area contributed by atoms with Crippen molar-refractivity contribution < 1.29 is 9.59 Å². The number of imide groups is 1. The Kier molecular flexibility index (Phi) is 2.98. The van der Waals surface area contributed by atoms with Gasteiger partial charge in [0, 0.05) is 0 Å². The third-order valence-corrected chi connectivity index (χ3v) is 4.69. The molecule has 1 aromatic rings. The second-order valence-corrected chi connectivity index (χ2v) is 6.26. The monoisotopic (exact) mass is 281 g/mol. The summed E-state index contributed by atoms with van der Waals surface area (Å²) in [6.45, 7) is 2.30. The molecule has 0 bridgehead atoms. The molecule has 7 nitrogen and oxygen atoms in total. The normalized spacial score (nSPS) is 30.0. The maximum absolute atomic E-state index is 12.2. The first kappa shape index (κ1) is 12.5. The molecule has 1 aromatic heterocycles. The quantitative estimate of drug-likeness (QED) is 0.471. The largest absolute Gasteiger partial charge is 0.298 e. The molecule has 102 valence electrons. The Hall–Kier alpha value is -1.54. The number of nitrogens with two attached hydrogens (primary N) is 1. The van der Waals surface area contributed by atoms with Crippen molar-refractivity contribution in [2.75, 3.05) is 5.43 Å². The average molecular weight is 281 g/mol. The van der Waals surface area contributed by atoms with E-state index < -0.39 is 0 Å². The van der Waals surface area contributed by atoms with E-state index in [1.165, 1.54) is 16.2 Å². The van der Waals surface area contributed by atoms with E-state index in [0.717, 1.165) is 12.8 Å². The molecule has 0 aromatic carbocycles. The first-order valence-corrected chi connectivity index (χ1v) is 7.06. The molecule has 8 heteroatoms. The fourth-order valence-electron chi connectivity index (χ4n) is 3.01. The highest BCUT2D eigenvalue weighted by Crippen LogP contribution is 2.43. The van der Waals surface area contributed by atoms with Crippen molar-refractivity contribution in [3.05, 3.63) is 5.01 Å². The van der Waals surface area contributed by atoms with Crippen molar-refractivity contribution in [1.82, 2.24) is 15.1 Å². The molecular formula is C11H15N5O2S. The van der Waals surface area contributed by atoms with Gasteiger partial charge in [-0.1, -0.05) is 18.3 Å². The standard InChI is InChI=1S/C11H15N5O2S/c1-5-2-6-7(3-5)10(18)16(9(6)17)4-8-14-15-11(13-12)19-8/h5-7H,2-4,12H2,1H3,(H,13,15). The molecule has 2 aliphatic rings. The summed E-state index contributed by atoms with van der Waals surface area (Å²) in [5, 5.41) is 8.79. The average Bonchev–Trinajstić information content (AvgIpc) is 3.04. The number of hydrogen-bond acceptors (Lipinski definition) is 7. The van der Waals surface area contributed by atoms with Crippen LogP contribution in [0.4, 0.5) is 5.13 Å². The van der Waals surface area contributed by atoms with Gasteiger partial charge in [0.1, 0.15) is 5.01 Å². The molecule has 3 rings (SSSR count). The lowest BCUT2D eigenvalue weighted by Crippen LogP contribution is -2.31. The van der Waals surface area contributed by atoms with Crippen LogP contribution in [0.2, 0.25) is 0 Å². The first-order chi connectivity index (χ1) is 9.10. The van der Waals surface area contributed by atoms with E-state index >= 15 is 0 Å². The molecular weight excluding hydrogens is 266 g/mol. The van der Waals surface area contributed by atoms with Crippen LogP contribution in [-0.2, 0) is 16.1 Å². The summed E-state index contributed by atoms with van der Waals surface area (Å²) >= 11 is 1.25. The SMILES string of the molecule is CC1CC2C(=O)N(Cc3nnc(NN)s3)C(=O)C2C1. The summed E-state index contributed by atoms with van der Waals surface area (Å²) in [6, 6.07) is 0. The Morgan fingerprint density at radius 2 is 1.95 bits per heavy atom. The zero-order valence-electron chi connectivity index (χ0n) is 10.5. The van der Waals surface area contributed by atoms with Crippen molar-refractivity contribution in [3.63, 3.8) is 0 Å². The third kappa shape index (κ3) is 2.00. The van der Waals surface area contributed by atoms with E-state index in [1.54, 1.807) is 0 Å². The smallest absolute Gasteiger partial charge is 0.233 e. The lowest BCUT2D eigenvalue weighted by atomic mass is 10.00. The number of hydrogen-bond donors (Lipinski definition) is 2. The van der Waals surface area contributed by atoms with Crippen molar-refractivity contribution in [2.24, 2.45) is 23.6 Å². The van der Waals surface area contributed by atoms with Crippen LogP contribution < -0.4 is 11.3 Å². The number of amides is 2. The fraction of sp³-hybridized carbons (Fsp3) is 0.636. The maximum Gasteiger partial charge on any atom is 0.233 e. The Morgan fingerprint density at radius 1 is 1.32 bits per heavy atom. The van der Waals surface area contributed by atoms with E-state index in [-0.39, 0.29) is 30.2 Å². The van der Waals surface area contributed by atoms with Crippen molar-refractivity contribution in [2.45, 2.75) is 26.3 Å². The highest BCUT2D eigenvalue weighted by molar-refractivity contribution is 7.15. The Labute approximate surface area is 114 Å². The van der Waals surface area contributed by atoms with Gasteiger partial charge in [-0.15, -0.1) is 10.2 Å². The summed E-state index contributed by atoms with van der Waals surface area (Å²) in [5.41, 5.74) is 2.40. The van der Waals surface area contributed by atoms with Crippen LogP contribution in [0.1, 0.15) is 24.8 Å². The molecule has 2 unspecified atom stereocenters. The minimum absolute atomic E-state index is 0.0585. The summed E-state index contributed by atoms with van der Waals surface area (Å²) < 4.78 is 0. The second-order valence-electron chi connectivity index (χ2n) is 5.20. The fourth-order valence-corrected chi connectivity index (χ4v) is 3.65. The number of aromatic nitrogens is 2. The minimum atomic E-state index is -0.123. The van der Waals surface area contributed by atoms with E-state index in [1.807, 2.05) is 0 Å². The molecule has 2 heterocycles. The number of anilines is 1. The minimum Gasteiger partial charge on any atom is -0.298 e. The lowest BCUT2D eigenvalue weighted by Gasteiger charge is -2.14. The highest BCUT2D eigenvalue weighted by Gasteiger charge is 2.51. The lowest BCUT2D eigenvalue weighted by molar-refractivity contribution is -0.141. The van der Waals surface area contributed by atoms with Gasteiger partial charge in [0.15, 0.2) is 0 Å².